The van der Waals surface area contributed by atoms with E-state index in [0.717, 1.165) is 19.3 Å². The highest BCUT2D eigenvalue weighted by Crippen LogP contribution is 2.48. The summed E-state index contributed by atoms with van der Waals surface area (Å²) in [4.78, 5) is 11.7. The molecule has 2 heteroatoms. The van der Waals surface area contributed by atoms with Gasteiger partial charge in [-0.3, -0.25) is 0 Å². The molecule has 17 heavy (non-hydrogen) atoms. The summed E-state index contributed by atoms with van der Waals surface area (Å²) in [7, 11) is 0. The number of ether oxygens (including phenoxy) is 1. The zero-order valence-electron chi connectivity index (χ0n) is 10.5. The molecule has 2 nitrogen and oxygen atoms in total. The molecule has 2 aliphatic carbocycles. The molecule has 1 saturated heterocycles. The second kappa shape index (κ2) is 3.59. The maximum atomic E-state index is 11.7. The van der Waals surface area contributed by atoms with Crippen LogP contribution in [0.4, 0.5) is 0 Å². The lowest BCUT2D eigenvalue weighted by Gasteiger charge is -2.24. The number of allylic oxidation sites excluding steroid dienone is 2. The van der Waals surface area contributed by atoms with Crippen LogP contribution in [0.1, 0.15) is 33.1 Å². The van der Waals surface area contributed by atoms with Crippen LogP contribution < -0.4 is 0 Å². The molecule has 1 heterocycles. The van der Waals surface area contributed by atoms with Gasteiger partial charge in [0, 0.05) is 17.4 Å². The molecule has 0 bridgehead atoms. The van der Waals surface area contributed by atoms with Gasteiger partial charge in [0.1, 0.15) is 6.10 Å². The Morgan fingerprint density at radius 3 is 2.94 bits per heavy atom. The van der Waals surface area contributed by atoms with Gasteiger partial charge in [0.2, 0.25) is 0 Å². The molecule has 0 saturated carbocycles. The maximum absolute atomic E-state index is 11.7. The number of carbonyl (C=O) groups excluding carboxylic acids is 1. The summed E-state index contributed by atoms with van der Waals surface area (Å²) in [5.41, 5.74) is 5.02. The summed E-state index contributed by atoms with van der Waals surface area (Å²) >= 11 is 0. The molecule has 1 fully saturated rings. The molecule has 90 valence electrons. The van der Waals surface area contributed by atoms with E-state index in [-0.39, 0.29) is 18.0 Å². The van der Waals surface area contributed by atoms with Crippen molar-refractivity contribution in [2.45, 2.75) is 39.2 Å². The standard InChI is InChI=1S/C15H18O2/c1-8-4-7-12-10(3)15(16)17-14(12)13-9(2)5-6-11(8)13/h5,12-14H,3-4,6-7H2,1-2H3. The third-order valence-electron chi connectivity index (χ3n) is 4.57. The highest BCUT2D eigenvalue weighted by Gasteiger charge is 2.47. The Morgan fingerprint density at radius 2 is 2.18 bits per heavy atom. The van der Waals surface area contributed by atoms with Crippen molar-refractivity contribution < 1.29 is 9.53 Å². The minimum Gasteiger partial charge on any atom is -0.457 e. The Kier molecular flexibility index (Phi) is 2.29. The zero-order valence-corrected chi connectivity index (χ0v) is 10.5. The predicted octanol–water partition coefficient (Wildman–Crippen LogP) is 3.16. The predicted molar refractivity (Wildman–Crippen MR) is 66.3 cm³/mol. The van der Waals surface area contributed by atoms with Crippen molar-refractivity contribution in [2.24, 2.45) is 11.8 Å². The van der Waals surface area contributed by atoms with Gasteiger partial charge in [0.25, 0.3) is 0 Å². The van der Waals surface area contributed by atoms with Gasteiger partial charge < -0.3 is 4.74 Å². The summed E-state index contributed by atoms with van der Waals surface area (Å²) in [6.07, 6.45) is 5.41. The molecule has 0 aromatic carbocycles. The molecule has 0 amide bonds. The van der Waals surface area contributed by atoms with Gasteiger partial charge >= 0.3 is 5.97 Å². The number of carbonyl (C=O) groups is 1. The third kappa shape index (κ3) is 1.43. The smallest absolute Gasteiger partial charge is 0.334 e. The van der Waals surface area contributed by atoms with Gasteiger partial charge in [-0.15, -0.1) is 0 Å². The first-order valence-electron chi connectivity index (χ1n) is 6.34. The first kappa shape index (κ1) is 10.8. The van der Waals surface area contributed by atoms with E-state index in [1.807, 2.05) is 0 Å². The van der Waals surface area contributed by atoms with Crippen molar-refractivity contribution in [1.82, 2.24) is 0 Å². The van der Waals surface area contributed by atoms with Crippen LogP contribution in [0.3, 0.4) is 0 Å². The van der Waals surface area contributed by atoms with Gasteiger partial charge in [-0.1, -0.05) is 29.4 Å². The molecule has 0 spiro atoms. The van der Waals surface area contributed by atoms with Gasteiger partial charge in [-0.05, 0) is 33.1 Å². The van der Waals surface area contributed by atoms with Crippen molar-refractivity contribution in [1.29, 1.82) is 0 Å². The number of hydrogen-bond acceptors (Lipinski definition) is 2. The monoisotopic (exact) mass is 230 g/mol. The van der Waals surface area contributed by atoms with Gasteiger partial charge in [0.15, 0.2) is 0 Å². The first-order valence-corrected chi connectivity index (χ1v) is 6.34. The summed E-state index contributed by atoms with van der Waals surface area (Å²) in [5.74, 6) is 0.366. The van der Waals surface area contributed by atoms with E-state index in [4.69, 9.17) is 4.74 Å². The lowest BCUT2D eigenvalue weighted by Crippen LogP contribution is -2.26. The Morgan fingerprint density at radius 1 is 1.41 bits per heavy atom. The molecule has 3 unspecified atom stereocenters. The Bertz CT molecular complexity index is 467. The summed E-state index contributed by atoms with van der Waals surface area (Å²) in [6.45, 7) is 8.29. The fourth-order valence-corrected chi connectivity index (χ4v) is 3.50. The van der Waals surface area contributed by atoms with Gasteiger partial charge in [-0.2, -0.15) is 0 Å². The van der Waals surface area contributed by atoms with Crippen LogP contribution in [-0.4, -0.2) is 12.1 Å². The van der Waals surface area contributed by atoms with E-state index < -0.39 is 0 Å². The molecule has 3 rings (SSSR count). The summed E-state index contributed by atoms with van der Waals surface area (Å²) in [6, 6.07) is 0. The number of fused-ring (bicyclic) bond motifs is 3. The van der Waals surface area contributed by atoms with Crippen LogP contribution in [0, 0.1) is 11.8 Å². The molecule has 0 radical (unpaired) electrons. The van der Waals surface area contributed by atoms with Crippen molar-refractivity contribution in [3.05, 3.63) is 34.9 Å². The Labute approximate surface area is 102 Å². The molecular weight excluding hydrogens is 212 g/mol. The minimum absolute atomic E-state index is 0.0150. The number of hydrogen-bond donors (Lipinski definition) is 0. The van der Waals surface area contributed by atoms with Crippen molar-refractivity contribution >= 4 is 5.97 Å². The van der Waals surface area contributed by atoms with Crippen LogP contribution in [0.2, 0.25) is 0 Å². The van der Waals surface area contributed by atoms with Crippen molar-refractivity contribution in [2.75, 3.05) is 0 Å². The highest BCUT2D eigenvalue weighted by atomic mass is 16.6. The van der Waals surface area contributed by atoms with Crippen LogP contribution in [0.5, 0.6) is 0 Å². The quantitative estimate of drug-likeness (QED) is 0.363. The van der Waals surface area contributed by atoms with Crippen molar-refractivity contribution in [3.8, 4) is 0 Å². The van der Waals surface area contributed by atoms with Crippen LogP contribution in [0.15, 0.2) is 34.9 Å². The molecule has 3 atom stereocenters. The molecular formula is C15H18O2. The Hall–Kier alpha value is -1.31. The lowest BCUT2D eigenvalue weighted by molar-refractivity contribution is -0.140. The minimum atomic E-state index is -0.182. The molecule has 1 aliphatic heterocycles. The highest BCUT2D eigenvalue weighted by molar-refractivity contribution is 5.91. The van der Waals surface area contributed by atoms with E-state index in [9.17, 15) is 4.79 Å². The SMILES string of the molecule is C=C1C(=O)OC2C1CCC(C)=C1CC=C(C)C12. The fourth-order valence-electron chi connectivity index (χ4n) is 3.50. The third-order valence-corrected chi connectivity index (χ3v) is 4.57. The van der Waals surface area contributed by atoms with Crippen LogP contribution in [0.25, 0.3) is 0 Å². The summed E-state index contributed by atoms with van der Waals surface area (Å²) < 4.78 is 5.58. The van der Waals surface area contributed by atoms with Crippen LogP contribution in [-0.2, 0) is 9.53 Å². The molecule has 0 N–H and O–H groups in total. The van der Waals surface area contributed by atoms with Gasteiger partial charge in [0.05, 0.1) is 0 Å². The molecule has 0 aromatic rings. The van der Waals surface area contributed by atoms with E-state index in [1.165, 1.54) is 16.7 Å². The van der Waals surface area contributed by atoms with Crippen molar-refractivity contribution in [3.63, 3.8) is 0 Å². The normalized spacial score (nSPS) is 36.4. The Balaban J connectivity index is 2.04. The topological polar surface area (TPSA) is 26.3 Å². The summed E-state index contributed by atoms with van der Waals surface area (Å²) in [5, 5.41) is 0. The molecule has 3 aliphatic rings. The largest absolute Gasteiger partial charge is 0.457 e. The molecule has 0 aromatic heterocycles. The number of rotatable bonds is 0. The number of esters is 1. The first-order chi connectivity index (χ1) is 8.09. The zero-order chi connectivity index (χ0) is 12.2. The average Bonchev–Trinajstić information content (AvgIpc) is 2.75. The fraction of sp³-hybridized carbons (Fsp3) is 0.533. The van der Waals surface area contributed by atoms with E-state index in [0.29, 0.717) is 11.5 Å². The second-order valence-electron chi connectivity index (χ2n) is 5.48. The maximum Gasteiger partial charge on any atom is 0.334 e. The van der Waals surface area contributed by atoms with E-state index in [1.54, 1.807) is 0 Å². The second-order valence-corrected chi connectivity index (χ2v) is 5.48. The van der Waals surface area contributed by atoms with E-state index in [2.05, 4.69) is 26.5 Å². The van der Waals surface area contributed by atoms with Gasteiger partial charge in [-0.25, -0.2) is 4.79 Å². The van der Waals surface area contributed by atoms with E-state index >= 15 is 0 Å². The van der Waals surface area contributed by atoms with Crippen LogP contribution >= 0.6 is 0 Å². The average molecular weight is 230 g/mol. The lowest BCUT2D eigenvalue weighted by atomic mass is 9.83.